The topological polar surface area (TPSA) is 72.5 Å². The summed E-state index contributed by atoms with van der Waals surface area (Å²) in [6.07, 6.45) is 0. The molecule has 0 bridgehead atoms. The quantitative estimate of drug-likeness (QED) is 0.757. The van der Waals surface area contributed by atoms with E-state index >= 15 is 0 Å². The first-order valence-corrected chi connectivity index (χ1v) is 4.80. The summed E-state index contributed by atoms with van der Waals surface area (Å²) in [4.78, 5) is 11.2. The van der Waals surface area contributed by atoms with Crippen molar-refractivity contribution in [3.05, 3.63) is 35.9 Å². The molecule has 0 aromatic heterocycles. The lowest BCUT2D eigenvalue weighted by molar-refractivity contribution is -0.165. The van der Waals surface area contributed by atoms with Crippen molar-refractivity contribution in [2.75, 3.05) is 13.2 Å². The van der Waals surface area contributed by atoms with Gasteiger partial charge < -0.3 is 15.6 Å². The van der Waals surface area contributed by atoms with Gasteiger partial charge >= 0.3 is 5.97 Å². The summed E-state index contributed by atoms with van der Waals surface area (Å²) < 4.78 is 5.30. The normalized spacial score (nSPS) is 14.5. The van der Waals surface area contributed by atoms with Gasteiger partial charge in [-0.2, -0.15) is 0 Å². The van der Waals surface area contributed by atoms with E-state index in [1.807, 2.05) is 6.07 Å². The van der Waals surface area contributed by atoms with Crippen molar-refractivity contribution in [2.45, 2.75) is 12.5 Å². The zero-order valence-corrected chi connectivity index (χ0v) is 8.64. The van der Waals surface area contributed by atoms with E-state index in [1.54, 1.807) is 31.2 Å². The maximum Gasteiger partial charge on any atom is 0.342 e. The molecule has 0 aliphatic rings. The molecule has 0 fully saturated rings. The summed E-state index contributed by atoms with van der Waals surface area (Å²) in [6, 6.07) is 8.76. The number of carboxylic acids is 1. The van der Waals surface area contributed by atoms with Gasteiger partial charge in [0.2, 0.25) is 5.60 Å². The number of benzene rings is 1. The van der Waals surface area contributed by atoms with Crippen LogP contribution in [0.4, 0.5) is 0 Å². The highest BCUT2D eigenvalue weighted by Gasteiger charge is 2.39. The number of nitrogens with two attached hydrogens (primary N) is 1. The molecule has 0 saturated heterocycles. The maximum atomic E-state index is 11.2. The standard InChI is InChI=1S/C11H15NO3/c1-2-15-11(8-12,10(13)14)9-6-4-3-5-7-9/h3-7H,2,8,12H2,1H3,(H,13,14). The van der Waals surface area contributed by atoms with Gasteiger partial charge in [-0.15, -0.1) is 0 Å². The van der Waals surface area contributed by atoms with Crippen LogP contribution < -0.4 is 5.73 Å². The third kappa shape index (κ3) is 2.16. The number of hydrogen-bond acceptors (Lipinski definition) is 3. The van der Waals surface area contributed by atoms with E-state index in [0.717, 1.165) is 0 Å². The monoisotopic (exact) mass is 209 g/mol. The third-order valence-electron chi connectivity index (χ3n) is 2.26. The van der Waals surface area contributed by atoms with Crippen LogP contribution in [0.15, 0.2) is 30.3 Å². The highest BCUT2D eigenvalue weighted by atomic mass is 16.5. The molecule has 0 aliphatic carbocycles. The van der Waals surface area contributed by atoms with Crippen molar-refractivity contribution < 1.29 is 14.6 Å². The fourth-order valence-corrected chi connectivity index (χ4v) is 1.49. The molecule has 0 spiro atoms. The Balaban J connectivity index is 3.15. The molecule has 0 radical (unpaired) electrons. The van der Waals surface area contributed by atoms with Crippen LogP contribution in [0.3, 0.4) is 0 Å². The van der Waals surface area contributed by atoms with E-state index in [-0.39, 0.29) is 6.54 Å². The predicted molar refractivity (Wildman–Crippen MR) is 56.4 cm³/mol. The number of hydrogen-bond donors (Lipinski definition) is 2. The largest absolute Gasteiger partial charge is 0.479 e. The van der Waals surface area contributed by atoms with E-state index in [4.69, 9.17) is 10.5 Å². The van der Waals surface area contributed by atoms with Crippen LogP contribution in [0.2, 0.25) is 0 Å². The van der Waals surface area contributed by atoms with Crippen LogP contribution in [0.1, 0.15) is 12.5 Å². The second-order valence-corrected chi connectivity index (χ2v) is 3.14. The highest BCUT2D eigenvalue weighted by Crippen LogP contribution is 2.24. The van der Waals surface area contributed by atoms with Crippen molar-refractivity contribution >= 4 is 5.97 Å². The molecule has 15 heavy (non-hydrogen) atoms. The first kappa shape index (κ1) is 11.7. The molecule has 3 N–H and O–H groups in total. The smallest absolute Gasteiger partial charge is 0.342 e. The van der Waals surface area contributed by atoms with Crippen molar-refractivity contribution in [3.63, 3.8) is 0 Å². The Bertz CT molecular complexity index is 326. The fraction of sp³-hybridized carbons (Fsp3) is 0.364. The molecular weight excluding hydrogens is 194 g/mol. The van der Waals surface area contributed by atoms with E-state index in [2.05, 4.69) is 0 Å². The van der Waals surface area contributed by atoms with Crippen LogP contribution in [0, 0.1) is 0 Å². The van der Waals surface area contributed by atoms with Gasteiger partial charge in [0.15, 0.2) is 0 Å². The zero-order chi connectivity index (χ0) is 11.3. The zero-order valence-electron chi connectivity index (χ0n) is 8.64. The van der Waals surface area contributed by atoms with Gasteiger partial charge in [-0.25, -0.2) is 4.79 Å². The Morgan fingerprint density at radius 3 is 2.47 bits per heavy atom. The Kier molecular flexibility index (Phi) is 3.82. The molecule has 1 aromatic carbocycles. The minimum Gasteiger partial charge on any atom is -0.479 e. The highest BCUT2D eigenvalue weighted by molar-refractivity contribution is 5.79. The number of ether oxygens (including phenoxy) is 1. The lowest BCUT2D eigenvalue weighted by Crippen LogP contribution is -2.45. The van der Waals surface area contributed by atoms with Crippen LogP contribution >= 0.6 is 0 Å². The summed E-state index contributed by atoms with van der Waals surface area (Å²) in [5, 5.41) is 9.20. The molecule has 1 unspecified atom stereocenters. The second kappa shape index (κ2) is 4.91. The average Bonchev–Trinajstić information content (AvgIpc) is 2.26. The van der Waals surface area contributed by atoms with Gasteiger partial charge in [0.1, 0.15) is 0 Å². The fourth-order valence-electron chi connectivity index (χ4n) is 1.49. The van der Waals surface area contributed by atoms with E-state index in [1.165, 1.54) is 0 Å². The Morgan fingerprint density at radius 2 is 2.07 bits per heavy atom. The van der Waals surface area contributed by atoms with Crippen LogP contribution in [0.25, 0.3) is 0 Å². The van der Waals surface area contributed by atoms with Gasteiger partial charge in [0.25, 0.3) is 0 Å². The van der Waals surface area contributed by atoms with Crippen molar-refractivity contribution in [2.24, 2.45) is 5.73 Å². The lowest BCUT2D eigenvalue weighted by Gasteiger charge is -2.28. The number of aliphatic carboxylic acids is 1. The predicted octanol–water partition coefficient (Wildman–Crippen LogP) is 0.962. The molecular formula is C11H15NO3. The van der Waals surface area contributed by atoms with Gasteiger partial charge in [0.05, 0.1) is 0 Å². The number of carboxylic acid groups (broad SMARTS) is 1. The van der Waals surface area contributed by atoms with E-state index < -0.39 is 11.6 Å². The molecule has 0 saturated carbocycles. The average molecular weight is 209 g/mol. The Hall–Kier alpha value is -1.39. The maximum absolute atomic E-state index is 11.2. The molecule has 0 heterocycles. The molecule has 1 aromatic rings. The van der Waals surface area contributed by atoms with Gasteiger partial charge in [-0.05, 0) is 12.5 Å². The van der Waals surface area contributed by atoms with Gasteiger partial charge in [0, 0.05) is 13.2 Å². The van der Waals surface area contributed by atoms with Crippen molar-refractivity contribution in [1.29, 1.82) is 0 Å². The van der Waals surface area contributed by atoms with Crippen LogP contribution in [0.5, 0.6) is 0 Å². The Morgan fingerprint density at radius 1 is 1.47 bits per heavy atom. The first-order valence-electron chi connectivity index (χ1n) is 4.80. The minimum absolute atomic E-state index is 0.0831. The molecule has 0 aliphatic heterocycles. The third-order valence-corrected chi connectivity index (χ3v) is 2.26. The summed E-state index contributed by atoms with van der Waals surface area (Å²) in [5.74, 6) is -1.06. The van der Waals surface area contributed by atoms with Crippen molar-refractivity contribution in [3.8, 4) is 0 Å². The van der Waals surface area contributed by atoms with Gasteiger partial charge in [-0.1, -0.05) is 30.3 Å². The SMILES string of the molecule is CCOC(CN)(C(=O)O)c1ccccc1. The summed E-state index contributed by atoms with van der Waals surface area (Å²) in [6.45, 7) is 1.97. The molecule has 1 rings (SSSR count). The van der Waals surface area contributed by atoms with E-state index in [0.29, 0.717) is 12.2 Å². The number of carbonyl (C=O) groups is 1. The first-order chi connectivity index (χ1) is 7.17. The summed E-state index contributed by atoms with van der Waals surface area (Å²) in [5.41, 5.74) is 4.67. The minimum atomic E-state index is -1.42. The second-order valence-electron chi connectivity index (χ2n) is 3.14. The summed E-state index contributed by atoms with van der Waals surface area (Å²) in [7, 11) is 0. The number of rotatable bonds is 5. The molecule has 1 atom stereocenters. The molecule has 82 valence electrons. The lowest BCUT2D eigenvalue weighted by atomic mass is 9.94. The molecule has 4 heteroatoms. The van der Waals surface area contributed by atoms with Crippen LogP contribution in [-0.4, -0.2) is 24.2 Å². The van der Waals surface area contributed by atoms with Crippen molar-refractivity contribution in [1.82, 2.24) is 0 Å². The molecule has 4 nitrogen and oxygen atoms in total. The summed E-state index contributed by atoms with van der Waals surface area (Å²) >= 11 is 0. The van der Waals surface area contributed by atoms with Crippen LogP contribution in [-0.2, 0) is 15.1 Å². The van der Waals surface area contributed by atoms with Gasteiger partial charge in [-0.3, -0.25) is 0 Å². The molecule has 0 amide bonds. The Labute approximate surface area is 88.7 Å². The van der Waals surface area contributed by atoms with E-state index in [9.17, 15) is 9.90 Å².